The largest absolute Gasteiger partial charge is 0.365 e. The van der Waals surface area contributed by atoms with E-state index < -0.39 is 11.8 Å². The van der Waals surface area contributed by atoms with Gasteiger partial charge >= 0.3 is 0 Å². The van der Waals surface area contributed by atoms with Gasteiger partial charge in [0, 0.05) is 20.9 Å². The molecule has 5 rings (SSSR count). The Labute approximate surface area is 241 Å². The number of fused-ring (bicyclic) bond motifs is 2. The first-order chi connectivity index (χ1) is 19.2. The average molecular weight is 579 g/mol. The summed E-state index contributed by atoms with van der Waals surface area (Å²) in [5.41, 5.74) is 14.8. The molecule has 4 amide bonds. The van der Waals surface area contributed by atoms with Crippen LogP contribution in [0.3, 0.4) is 0 Å². The summed E-state index contributed by atoms with van der Waals surface area (Å²) in [6.45, 7) is 4.33. The molecule has 1 aromatic carbocycles. The van der Waals surface area contributed by atoms with Crippen LogP contribution in [0.5, 0.6) is 0 Å². The molecular formula is C30H34N4O4S2. The number of nitrogens with one attached hydrogen (secondary N) is 2. The highest BCUT2D eigenvalue weighted by Crippen LogP contribution is 2.41. The molecule has 2 aromatic heterocycles. The van der Waals surface area contributed by atoms with Gasteiger partial charge in [-0.3, -0.25) is 19.2 Å². The van der Waals surface area contributed by atoms with Crippen molar-refractivity contribution in [2.45, 2.75) is 65.2 Å². The maximum Gasteiger partial charge on any atom is 0.256 e. The van der Waals surface area contributed by atoms with Gasteiger partial charge in [-0.15, -0.1) is 22.7 Å². The van der Waals surface area contributed by atoms with Crippen molar-refractivity contribution in [3.63, 3.8) is 0 Å². The van der Waals surface area contributed by atoms with Crippen LogP contribution in [0.15, 0.2) is 24.3 Å². The summed E-state index contributed by atoms with van der Waals surface area (Å²) in [6, 6.07) is 6.26. The van der Waals surface area contributed by atoms with Crippen molar-refractivity contribution in [1.29, 1.82) is 0 Å². The summed E-state index contributed by atoms with van der Waals surface area (Å²) in [4.78, 5) is 52.9. The maximum absolute atomic E-state index is 13.1. The van der Waals surface area contributed by atoms with E-state index in [2.05, 4.69) is 24.5 Å². The van der Waals surface area contributed by atoms with Crippen molar-refractivity contribution in [2.75, 3.05) is 10.6 Å². The van der Waals surface area contributed by atoms with Crippen LogP contribution in [0.25, 0.3) is 0 Å². The van der Waals surface area contributed by atoms with Crippen LogP contribution in [-0.4, -0.2) is 23.6 Å². The fourth-order valence-corrected chi connectivity index (χ4v) is 8.55. The zero-order valence-corrected chi connectivity index (χ0v) is 24.4. The van der Waals surface area contributed by atoms with Gasteiger partial charge in [0.25, 0.3) is 23.6 Å². The molecule has 0 radical (unpaired) electrons. The Kier molecular flexibility index (Phi) is 8.09. The lowest BCUT2D eigenvalue weighted by molar-refractivity contribution is 0.0989. The van der Waals surface area contributed by atoms with Crippen molar-refractivity contribution < 1.29 is 19.2 Å². The molecule has 2 aliphatic rings. The Balaban J connectivity index is 1.31. The molecule has 2 unspecified atom stereocenters. The first-order valence-electron chi connectivity index (χ1n) is 13.8. The van der Waals surface area contributed by atoms with Crippen molar-refractivity contribution in [3.05, 3.63) is 67.4 Å². The van der Waals surface area contributed by atoms with E-state index in [0.717, 1.165) is 72.2 Å². The normalized spacial score (nSPS) is 17.9. The zero-order valence-electron chi connectivity index (χ0n) is 22.7. The van der Waals surface area contributed by atoms with E-state index in [-0.39, 0.29) is 11.8 Å². The first-order valence-corrected chi connectivity index (χ1v) is 15.4. The number of thiophene rings is 2. The van der Waals surface area contributed by atoms with Crippen LogP contribution >= 0.6 is 22.7 Å². The minimum atomic E-state index is -0.537. The molecular weight excluding hydrogens is 544 g/mol. The van der Waals surface area contributed by atoms with Gasteiger partial charge < -0.3 is 22.1 Å². The standard InChI is InChI=1S/C30H34N4O4S2/c1-3-15-5-11-19-21(13-15)39-29(23(19)25(31)35)33-27(37)17-7-9-18(10-8-17)28(38)34-30-24(26(32)36)20-12-6-16(4-2)14-22(20)40-30/h7-10,15-16H,3-6,11-14H2,1-2H3,(H2,31,35)(H2,32,36)(H,33,37)(H,34,38). The van der Waals surface area contributed by atoms with Crippen molar-refractivity contribution in [3.8, 4) is 0 Å². The predicted octanol–water partition coefficient (Wildman–Crippen LogP) is 5.54. The molecule has 0 bridgehead atoms. The number of hydrogen-bond donors (Lipinski definition) is 4. The van der Waals surface area contributed by atoms with E-state index in [4.69, 9.17) is 11.5 Å². The number of amides is 4. The zero-order chi connectivity index (χ0) is 28.6. The molecule has 10 heteroatoms. The molecule has 0 fully saturated rings. The summed E-state index contributed by atoms with van der Waals surface area (Å²) < 4.78 is 0. The van der Waals surface area contributed by atoms with E-state index in [9.17, 15) is 19.2 Å². The Bertz CT molecular complexity index is 1380. The van der Waals surface area contributed by atoms with Crippen LogP contribution in [0.4, 0.5) is 10.0 Å². The third-order valence-electron chi connectivity index (χ3n) is 8.25. The van der Waals surface area contributed by atoms with E-state index in [1.807, 2.05) is 0 Å². The highest BCUT2D eigenvalue weighted by molar-refractivity contribution is 7.17. The number of carbonyl (C=O) groups is 4. The fourth-order valence-electron chi connectivity index (χ4n) is 5.83. The number of rotatable bonds is 8. The van der Waals surface area contributed by atoms with Crippen LogP contribution in [0.1, 0.15) is 102 Å². The molecule has 2 heterocycles. The third kappa shape index (κ3) is 5.42. The number of primary amides is 2. The summed E-state index contributed by atoms with van der Waals surface area (Å²) in [7, 11) is 0. The van der Waals surface area contributed by atoms with Gasteiger partial charge in [0.1, 0.15) is 10.0 Å². The van der Waals surface area contributed by atoms with Crippen molar-refractivity contribution in [1.82, 2.24) is 0 Å². The molecule has 0 saturated heterocycles. The molecule has 0 aliphatic heterocycles. The molecule has 40 heavy (non-hydrogen) atoms. The van der Waals surface area contributed by atoms with Crippen LogP contribution in [-0.2, 0) is 25.7 Å². The minimum Gasteiger partial charge on any atom is -0.365 e. The lowest BCUT2D eigenvalue weighted by Crippen LogP contribution is -2.20. The molecule has 210 valence electrons. The smallest absolute Gasteiger partial charge is 0.256 e. The van der Waals surface area contributed by atoms with E-state index in [0.29, 0.717) is 44.1 Å². The molecule has 3 aromatic rings. The van der Waals surface area contributed by atoms with Crippen LogP contribution in [0, 0.1) is 11.8 Å². The Morgan fingerprint density at radius 2 is 1.10 bits per heavy atom. The summed E-state index contributed by atoms with van der Waals surface area (Å²) >= 11 is 2.85. The Hall–Kier alpha value is -3.50. The maximum atomic E-state index is 13.1. The SMILES string of the molecule is CCC1CCc2c(sc(NC(=O)c3ccc(C(=O)Nc4sc5c(c4C(N)=O)CCC(CC)C5)cc3)c2C(N)=O)C1. The van der Waals surface area contributed by atoms with Crippen molar-refractivity contribution >= 4 is 56.3 Å². The van der Waals surface area contributed by atoms with Crippen molar-refractivity contribution in [2.24, 2.45) is 23.3 Å². The average Bonchev–Trinajstić information content (AvgIpc) is 3.49. The van der Waals surface area contributed by atoms with E-state index in [1.54, 1.807) is 24.3 Å². The first kappa shape index (κ1) is 28.0. The molecule has 0 saturated carbocycles. The number of anilines is 2. The van der Waals surface area contributed by atoms with Gasteiger partial charge in [-0.05, 0) is 85.8 Å². The lowest BCUT2D eigenvalue weighted by atomic mass is 9.85. The fraction of sp³-hybridized carbons (Fsp3) is 0.400. The monoisotopic (exact) mass is 578 g/mol. The molecule has 2 aliphatic carbocycles. The van der Waals surface area contributed by atoms with Crippen LogP contribution in [0.2, 0.25) is 0 Å². The number of benzene rings is 1. The number of carbonyl (C=O) groups excluding carboxylic acids is 4. The second kappa shape index (κ2) is 11.5. The third-order valence-corrected chi connectivity index (χ3v) is 10.6. The summed E-state index contributed by atoms with van der Waals surface area (Å²) in [6.07, 6.45) is 7.50. The topological polar surface area (TPSA) is 144 Å². The van der Waals surface area contributed by atoms with Gasteiger partial charge in [-0.1, -0.05) is 26.7 Å². The Morgan fingerprint density at radius 1 is 0.725 bits per heavy atom. The van der Waals surface area contributed by atoms with Gasteiger partial charge in [0.15, 0.2) is 0 Å². The second-order valence-corrected chi connectivity index (χ2v) is 12.9. The lowest BCUT2D eigenvalue weighted by Gasteiger charge is -2.20. The number of hydrogen-bond acceptors (Lipinski definition) is 6. The summed E-state index contributed by atoms with van der Waals surface area (Å²) in [5, 5.41) is 6.70. The highest BCUT2D eigenvalue weighted by atomic mass is 32.1. The molecule has 8 nitrogen and oxygen atoms in total. The van der Waals surface area contributed by atoms with E-state index in [1.165, 1.54) is 22.7 Å². The minimum absolute atomic E-state index is 0.347. The second-order valence-electron chi connectivity index (χ2n) is 10.7. The van der Waals surface area contributed by atoms with E-state index >= 15 is 0 Å². The Morgan fingerprint density at radius 3 is 1.43 bits per heavy atom. The number of nitrogens with two attached hydrogens (primary N) is 2. The van der Waals surface area contributed by atoms with Gasteiger partial charge in [0.05, 0.1) is 11.1 Å². The van der Waals surface area contributed by atoms with Gasteiger partial charge in [-0.2, -0.15) is 0 Å². The van der Waals surface area contributed by atoms with Crippen LogP contribution < -0.4 is 22.1 Å². The van der Waals surface area contributed by atoms with Gasteiger partial charge in [-0.25, -0.2) is 0 Å². The highest BCUT2D eigenvalue weighted by Gasteiger charge is 2.30. The molecule has 6 N–H and O–H groups in total. The quantitative estimate of drug-likeness (QED) is 0.278. The molecule has 0 spiro atoms. The predicted molar refractivity (Wildman–Crippen MR) is 160 cm³/mol. The molecule has 2 atom stereocenters. The summed E-state index contributed by atoms with van der Waals surface area (Å²) in [5.74, 6) is -0.696. The van der Waals surface area contributed by atoms with Gasteiger partial charge in [0.2, 0.25) is 0 Å².